The van der Waals surface area contributed by atoms with E-state index in [2.05, 4.69) is 78.5 Å². The van der Waals surface area contributed by atoms with E-state index in [0.717, 1.165) is 31.6 Å². The van der Waals surface area contributed by atoms with Crippen molar-refractivity contribution in [1.29, 1.82) is 0 Å². The van der Waals surface area contributed by atoms with Crippen LogP contribution in [0.1, 0.15) is 51.7 Å². The quantitative estimate of drug-likeness (QED) is 0.654. The molecule has 30 heavy (non-hydrogen) atoms. The summed E-state index contributed by atoms with van der Waals surface area (Å²) in [7, 11) is 0. The maximum absolute atomic E-state index is 4.62. The van der Waals surface area contributed by atoms with Crippen LogP contribution in [0.25, 0.3) is 5.69 Å². The summed E-state index contributed by atoms with van der Waals surface area (Å²) in [6.07, 6.45) is 10.2. The average Bonchev–Trinajstić information content (AvgIpc) is 3.15. The first kappa shape index (κ1) is 20.8. The van der Waals surface area contributed by atoms with Gasteiger partial charge >= 0.3 is 0 Å². The average molecular weight is 404 g/mol. The van der Waals surface area contributed by atoms with Crippen molar-refractivity contribution in [3.05, 3.63) is 78.4 Å². The summed E-state index contributed by atoms with van der Waals surface area (Å²) in [5.41, 5.74) is 3.85. The maximum atomic E-state index is 4.62. The fourth-order valence-electron chi connectivity index (χ4n) is 4.96. The molecular weight excluding hydrogens is 370 g/mol. The number of rotatable bonds is 6. The Labute approximate surface area is 180 Å². The molecule has 0 aliphatic carbocycles. The molecule has 0 bridgehead atoms. The molecule has 1 saturated heterocycles. The van der Waals surface area contributed by atoms with Gasteiger partial charge in [-0.25, -0.2) is 4.68 Å². The number of hydrogen-bond donors (Lipinski definition) is 1. The maximum Gasteiger partial charge on any atom is 0.0645 e. The van der Waals surface area contributed by atoms with Crippen molar-refractivity contribution in [2.75, 3.05) is 0 Å². The topological polar surface area (TPSA) is 46.0 Å². The molecule has 0 atom stereocenters. The van der Waals surface area contributed by atoms with E-state index in [0.29, 0.717) is 6.04 Å². The van der Waals surface area contributed by atoms with Crippen molar-refractivity contribution >= 4 is 0 Å². The van der Waals surface area contributed by atoms with Crippen LogP contribution in [0.5, 0.6) is 0 Å². The summed E-state index contributed by atoms with van der Waals surface area (Å²) in [6.45, 7) is 11.1. The summed E-state index contributed by atoms with van der Waals surface area (Å²) < 4.78 is 1.97. The van der Waals surface area contributed by atoms with Gasteiger partial charge in [-0.05, 0) is 70.4 Å². The molecule has 1 N–H and O–H groups in total. The van der Waals surface area contributed by atoms with E-state index in [1.165, 1.54) is 11.1 Å². The number of nitrogens with zero attached hydrogens (tertiary/aromatic N) is 4. The van der Waals surface area contributed by atoms with Gasteiger partial charge in [0.05, 0.1) is 11.9 Å². The fourth-order valence-corrected chi connectivity index (χ4v) is 4.96. The molecule has 1 fully saturated rings. The van der Waals surface area contributed by atoms with Gasteiger partial charge in [-0.2, -0.15) is 5.10 Å². The number of hydrogen-bond acceptors (Lipinski definition) is 4. The van der Waals surface area contributed by atoms with E-state index in [-0.39, 0.29) is 11.1 Å². The number of benzene rings is 1. The second-order valence-corrected chi connectivity index (χ2v) is 9.84. The minimum Gasteiger partial charge on any atom is -0.307 e. The molecule has 0 amide bonds. The van der Waals surface area contributed by atoms with Gasteiger partial charge in [0.2, 0.25) is 0 Å². The number of nitrogens with one attached hydrogen (secondary N) is 1. The molecular formula is C25H33N5. The lowest BCUT2D eigenvalue weighted by atomic mass is 9.79. The van der Waals surface area contributed by atoms with Gasteiger partial charge in [-0.1, -0.05) is 18.2 Å². The Hall–Kier alpha value is -2.50. The standard InChI is InChI=1S/C25H33N5/c1-24(2)14-23(15-25(3,4)28-24)29(17-20-10-12-26-13-11-20)18-21-16-27-30(19-21)22-8-6-5-7-9-22/h5-13,16,19,23,28H,14-15,17-18H2,1-4H3. The summed E-state index contributed by atoms with van der Waals surface area (Å²) in [4.78, 5) is 6.81. The lowest BCUT2D eigenvalue weighted by Crippen LogP contribution is -2.62. The van der Waals surface area contributed by atoms with E-state index in [4.69, 9.17) is 0 Å². The van der Waals surface area contributed by atoms with E-state index in [9.17, 15) is 0 Å². The van der Waals surface area contributed by atoms with Crippen LogP contribution in [0.3, 0.4) is 0 Å². The highest BCUT2D eigenvalue weighted by Gasteiger charge is 2.39. The van der Waals surface area contributed by atoms with Crippen molar-refractivity contribution in [2.24, 2.45) is 0 Å². The zero-order valence-corrected chi connectivity index (χ0v) is 18.5. The first-order valence-corrected chi connectivity index (χ1v) is 10.8. The lowest BCUT2D eigenvalue weighted by molar-refractivity contribution is 0.0563. The van der Waals surface area contributed by atoms with Gasteiger partial charge in [-0.3, -0.25) is 9.88 Å². The van der Waals surface area contributed by atoms with Crippen LogP contribution in [0.2, 0.25) is 0 Å². The van der Waals surface area contributed by atoms with Crippen LogP contribution < -0.4 is 5.32 Å². The zero-order chi connectivity index (χ0) is 21.2. The van der Waals surface area contributed by atoms with E-state index in [1.54, 1.807) is 0 Å². The van der Waals surface area contributed by atoms with Crippen LogP contribution in [-0.2, 0) is 13.1 Å². The van der Waals surface area contributed by atoms with Crippen LogP contribution in [0, 0.1) is 0 Å². The molecule has 0 unspecified atom stereocenters. The Morgan fingerprint density at radius 2 is 1.57 bits per heavy atom. The summed E-state index contributed by atoms with van der Waals surface area (Å²) in [5.74, 6) is 0. The number of para-hydroxylation sites is 1. The largest absolute Gasteiger partial charge is 0.307 e. The Morgan fingerprint density at radius 1 is 0.933 bits per heavy atom. The van der Waals surface area contributed by atoms with Gasteiger partial charge in [0.1, 0.15) is 0 Å². The SMILES string of the molecule is CC1(C)CC(N(Cc2ccncc2)Cc2cnn(-c3ccccc3)c2)CC(C)(C)N1. The highest BCUT2D eigenvalue weighted by atomic mass is 15.3. The summed E-state index contributed by atoms with van der Waals surface area (Å²) in [6, 6.07) is 15.0. The van der Waals surface area contributed by atoms with Crippen molar-refractivity contribution in [1.82, 2.24) is 25.0 Å². The molecule has 4 rings (SSSR count). The molecule has 1 aromatic carbocycles. The molecule has 1 aliphatic rings. The van der Waals surface area contributed by atoms with Crippen LogP contribution in [0.15, 0.2) is 67.3 Å². The third-order valence-electron chi connectivity index (χ3n) is 5.86. The van der Waals surface area contributed by atoms with Crippen molar-refractivity contribution in [3.63, 3.8) is 0 Å². The normalized spacial score (nSPS) is 18.6. The van der Waals surface area contributed by atoms with E-state index in [1.807, 2.05) is 41.5 Å². The van der Waals surface area contributed by atoms with Crippen molar-refractivity contribution in [2.45, 2.75) is 70.7 Å². The Morgan fingerprint density at radius 3 is 2.23 bits per heavy atom. The lowest BCUT2D eigenvalue weighted by Gasteiger charge is -2.49. The van der Waals surface area contributed by atoms with Gasteiger partial charge in [0, 0.05) is 54.4 Å². The third-order valence-corrected chi connectivity index (χ3v) is 5.86. The second-order valence-electron chi connectivity index (χ2n) is 9.84. The third kappa shape index (κ3) is 5.15. The Bertz CT molecular complexity index is 930. The second kappa shape index (κ2) is 8.32. The van der Waals surface area contributed by atoms with Crippen molar-refractivity contribution < 1.29 is 0 Å². The van der Waals surface area contributed by atoms with E-state index < -0.39 is 0 Å². The smallest absolute Gasteiger partial charge is 0.0645 e. The molecule has 0 spiro atoms. The minimum atomic E-state index is 0.108. The van der Waals surface area contributed by atoms with Crippen LogP contribution in [0.4, 0.5) is 0 Å². The number of pyridine rings is 1. The number of piperidine rings is 1. The highest BCUT2D eigenvalue weighted by molar-refractivity contribution is 5.31. The molecule has 158 valence electrons. The predicted octanol–water partition coefficient (Wildman–Crippen LogP) is 4.58. The number of aromatic nitrogens is 3. The van der Waals surface area contributed by atoms with Gasteiger partial charge < -0.3 is 5.32 Å². The van der Waals surface area contributed by atoms with E-state index >= 15 is 0 Å². The monoisotopic (exact) mass is 403 g/mol. The van der Waals surface area contributed by atoms with Gasteiger partial charge in [-0.15, -0.1) is 0 Å². The van der Waals surface area contributed by atoms with Gasteiger partial charge in [0.15, 0.2) is 0 Å². The Balaban J connectivity index is 1.59. The fraction of sp³-hybridized carbons (Fsp3) is 0.440. The molecule has 0 saturated carbocycles. The van der Waals surface area contributed by atoms with Crippen molar-refractivity contribution in [3.8, 4) is 5.69 Å². The zero-order valence-electron chi connectivity index (χ0n) is 18.5. The predicted molar refractivity (Wildman–Crippen MR) is 121 cm³/mol. The molecule has 2 aromatic heterocycles. The molecule has 5 nitrogen and oxygen atoms in total. The summed E-state index contributed by atoms with van der Waals surface area (Å²) in [5, 5.41) is 8.43. The molecule has 0 radical (unpaired) electrons. The highest BCUT2D eigenvalue weighted by Crippen LogP contribution is 2.33. The van der Waals surface area contributed by atoms with Crippen LogP contribution in [-0.4, -0.2) is 36.8 Å². The molecule has 3 aromatic rings. The first-order valence-electron chi connectivity index (χ1n) is 10.8. The first-order chi connectivity index (χ1) is 14.3. The van der Waals surface area contributed by atoms with Crippen LogP contribution >= 0.6 is 0 Å². The van der Waals surface area contributed by atoms with Gasteiger partial charge in [0.25, 0.3) is 0 Å². The molecule has 3 heterocycles. The summed E-state index contributed by atoms with van der Waals surface area (Å²) >= 11 is 0. The molecule has 5 heteroatoms. The Kier molecular flexibility index (Phi) is 5.76. The molecule has 1 aliphatic heterocycles. The minimum absolute atomic E-state index is 0.108.